The maximum absolute atomic E-state index is 12.3. The summed E-state index contributed by atoms with van der Waals surface area (Å²) in [5.41, 5.74) is 1.27. The van der Waals surface area contributed by atoms with Gasteiger partial charge in [-0.1, -0.05) is 51.1 Å². The Morgan fingerprint density at radius 3 is 2.38 bits per heavy atom. The maximum atomic E-state index is 12.3. The van der Waals surface area contributed by atoms with Gasteiger partial charge >= 0.3 is 0 Å². The van der Waals surface area contributed by atoms with E-state index in [2.05, 4.69) is 53.5 Å². The number of hydrogen-bond acceptors (Lipinski definition) is 4. The molecule has 0 aliphatic rings. The number of carbonyl (C=O) groups excluding carboxylic acids is 1. The normalized spacial score (nSPS) is 12.5. The summed E-state index contributed by atoms with van der Waals surface area (Å²) in [5, 5.41) is 6.21. The van der Waals surface area contributed by atoms with Crippen LogP contribution >= 0.6 is 0 Å². The van der Waals surface area contributed by atoms with Crippen molar-refractivity contribution < 1.29 is 4.79 Å². The van der Waals surface area contributed by atoms with Gasteiger partial charge in [-0.15, -0.1) is 0 Å². The predicted octanol–water partition coefficient (Wildman–Crippen LogP) is 3.57. The summed E-state index contributed by atoms with van der Waals surface area (Å²) in [4.78, 5) is 20.5. The number of anilines is 1. The van der Waals surface area contributed by atoms with Gasteiger partial charge in [0.2, 0.25) is 11.9 Å². The molecule has 0 bridgehead atoms. The minimum absolute atomic E-state index is 0.0201. The molecule has 1 aromatic carbocycles. The molecule has 0 fully saturated rings. The molecule has 0 radical (unpaired) electrons. The summed E-state index contributed by atoms with van der Waals surface area (Å²) in [6, 6.07) is 11.9. The molecule has 0 aliphatic heterocycles. The molecule has 1 amide bonds. The van der Waals surface area contributed by atoms with E-state index in [1.165, 1.54) is 0 Å². The maximum Gasteiger partial charge on any atom is 0.222 e. The second kappa shape index (κ2) is 8.43. The van der Waals surface area contributed by atoms with E-state index >= 15 is 0 Å². The minimum atomic E-state index is 0.0201. The Morgan fingerprint density at radius 2 is 1.75 bits per heavy atom. The second-order valence-corrected chi connectivity index (χ2v) is 7.04. The van der Waals surface area contributed by atoms with E-state index in [-0.39, 0.29) is 17.4 Å². The number of nitrogens with one attached hydrogen (secondary N) is 2. The van der Waals surface area contributed by atoms with Gasteiger partial charge in [0.25, 0.3) is 0 Å². The second-order valence-electron chi connectivity index (χ2n) is 7.04. The zero-order valence-electron chi connectivity index (χ0n) is 14.6. The monoisotopic (exact) mass is 326 g/mol. The number of aromatic nitrogens is 2. The van der Waals surface area contributed by atoms with Gasteiger partial charge in [-0.25, -0.2) is 9.97 Å². The molecule has 0 unspecified atom stereocenters. The molecule has 5 heteroatoms. The third-order valence-electron chi connectivity index (χ3n) is 3.55. The Labute approximate surface area is 143 Å². The van der Waals surface area contributed by atoms with Crippen molar-refractivity contribution in [2.75, 3.05) is 11.9 Å². The van der Waals surface area contributed by atoms with Crippen LogP contribution in [0.25, 0.3) is 0 Å². The molecule has 2 N–H and O–H groups in total. The third kappa shape index (κ3) is 6.36. The van der Waals surface area contributed by atoms with Crippen molar-refractivity contribution in [2.45, 2.75) is 39.7 Å². The van der Waals surface area contributed by atoms with Crippen molar-refractivity contribution in [1.82, 2.24) is 15.3 Å². The van der Waals surface area contributed by atoms with E-state index in [0.29, 0.717) is 18.9 Å². The van der Waals surface area contributed by atoms with Gasteiger partial charge in [0.15, 0.2) is 0 Å². The van der Waals surface area contributed by atoms with Crippen LogP contribution in [0.4, 0.5) is 5.95 Å². The average molecular weight is 326 g/mol. The van der Waals surface area contributed by atoms with Gasteiger partial charge in [0.05, 0.1) is 6.04 Å². The van der Waals surface area contributed by atoms with Crippen molar-refractivity contribution in [1.29, 1.82) is 0 Å². The lowest BCUT2D eigenvalue weighted by Gasteiger charge is -2.27. The number of hydrogen-bond donors (Lipinski definition) is 2. The summed E-state index contributed by atoms with van der Waals surface area (Å²) < 4.78 is 0. The van der Waals surface area contributed by atoms with E-state index in [0.717, 1.165) is 12.0 Å². The standard InChI is InChI=1S/C19H26N4O/c1-19(2,3)14-16(15-8-5-4-6-9-15)23-17(24)10-13-22-18-20-11-7-12-21-18/h4-9,11-12,16H,10,13-14H2,1-3H3,(H,23,24)(H,20,21,22)/t16-/m1/s1. The van der Waals surface area contributed by atoms with Crippen LogP contribution in [0.2, 0.25) is 0 Å². The SMILES string of the molecule is CC(C)(C)C[C@@H](NC(=O)CCNc1ncccn1)c1ccccc1. The summed E-state index contributed by atoms with van der Waals surface area (Å²) in [6.07, 6.45) is 4.61. The van der Waals surface area contributed by atoms with Crippen molar-refractivity contribution >= 4 is 11.9 Å². The van der Waals surface area contributed by atoms with E-state index in [9.17, 15) is 4.79 Å². The average Bonchev–Trinajstić information content (AvgIpc) is 2.55. The van der Waals surface area contributed by atoms with Crippen molar-refractivity contribution in [3.05, 3.63) is 54.4 Å². The molecule has 1 aromatic heterocycles. The Hall–Kier alpha value is -2.43. The highest BCUT2D eigenvalue weighted by Crippen LogP contribution is 2.29. The van der Waals surface area contributed by atoms with Crippen LogP contribution in [0.15, 0.2) is 48.8 Å². The van der Waals surface area contributed by atoms with Crippen molar-refractivity contribution in [2.24, 2.45) is 5.41 Å². The predicted molar refractivity (Wildman–Crippen MR) is 96.5 cm³/mol. The number of carbonyl (C=O) groups is 1. The first-order chi connectivity index (χ1) is 11.4. The van der Waals surface area contributed by atoms with Crippen molar-refractivity contribution in [3.8, 4) is 0 Å². The molecule has 0 aliphatic carbocycles. The highest BCUT2D eigenvalue weighted by Gasteiger charge is 2.21. The molecule has 2 aromatic rings. The third-order valence-corrected chi connectivity index (χ3v) is 3.55. The molecular formula is C19H26N4O. The Bertz CT molecular complexity index is 623. The highest BCUT2D eigenvalue weighted by molar-refractivity contribution is 5.76. The summed E-state index contributed by atoms with van der Waals surface area (Å²) in [6.45, 7) is 7.06. The van der Waals surface area contributed by atoms with Crippen LogP contribution in [0, 0.1) is 5.41 Å². The quantitative estimate of drug-likeness (QED) is 0.816. The van der Waals surface area contributed by atoms with Crippen molar-refractivity contribution in [3.63, 3.8) is 0 Å². The van der Waals surface area contributed by atoms with Crippen LogP contribution in [0.1, 0.15) is 45.2 Å². The van der Waals surface area contributed by atoms with Gasteiger partial charge < -0.3 is 10.6 Å². The van der Waals surface area contributed by atoms with Crippen LogP contribution < -0.4 is 10.6 Å². The molecule has 24 heavy (non-hydrogen) atoms. The number of nitrogens with zero attached hydrogens (tertiary/aromatic N) is 2. The van der Waals surface area contributed by atoms with Gasteiger partial charge in [0.1, 0.15) is 0 Å². The van der Waals surface area contributed by atoms with Gasteiger partial charge in [0, 0.05) is 25.4 Å². The fourth-order valence-electron chi connectivity index (χ4n) is 2.49. The van der Waals surface area contributed by atoms with E-state index < -0.39 is 0 Å². The molecule has 5 nitrogen and oxygen atoms in total. The number of amides is 1. The largest absolute Gasteiger partial charge is 0.354 e. The highest BCUT2D eigenvalue weighted by atomic mass is 16.1. The van der Waals surface area contributed by atoms with Crippen LogP contribution in [0.5, 0.6) is 0 Å². The summed E-state index contributed by atoms with van der Waals surface area (Å²) >= 11 is 0. The van der Waals surface area contributed by atoms with Crippen LogP contribution in [0.3, 0.4) is 0 Å². The molecule has 1 atom stereocenters. The van der Waals surface area contributed by atoms with E-state index in [1.54, 1.807) is 18.5 Å². The smallest absolute Gasteiger partial charge is 0.222 e. The first-order valence-corrected chi connectivity index (χ1v) is 8.29. The fraction of sp³-hybridized carbons (Fsp3) is 0.421. The lowest BCUT2D eigenvalue weighted by Crippen LogP contribution is -2.32. The first-order valence-electron chi connectivity index (χ1n) is 8.29. The molecule has 1 heterocycles. The number of benzene rings is 1. The Balaban J connectivity index is 1.90. The topological polar surface area (TPSA) is 66.9 Å². The Kier molecular flexibility index (Phi) is 6.29. The molecule has 0 saturated heterocycles. The molecule has 0 saturated carbocycles. The lowest BCUT2D eigenvalue weighted by atomic mass is 9.85. The molecule has 0 spiro atoms. The lowest BCUT2D eigenvalue weighted by molar-refractivity contribution is -0.121. The van der Waals surface area contributed by atoms with Crippen LogP contribution in [-0.4, -0.2) is 22.4 Å². The minimum Gasteiger partial charge on any atom is -0.354 e. The van der Waals surface area contributed by atoms with Gasteiger partial charge in [-0.3, -0.25) is 4.79 Å². The molecular weight excluding hydrogens is 300 g/mol. The summed E-state index contributed by atoms with van der Waals surface area (Å²) in [5.74, 6) is 0.566. The van der Waals surface area contributed by atoms with E-state index in [1.807, 2.05) is 18.2 Å². The zero-order valence-corrected chi connectivity index (χ0v) is 14.6. The molecule has 2 rings (SSSR count). The zero-order chi connectivity index (χ0) is 17.4. The Morgan fingerprint density at radius 1 is 1.08 bits per heavy atom. The van der Waals surface area contributed by atoms with Crippen LogP contribution in [-0.2, 0) is 4.79 Å². The number of rotatable bonds is 7. The molecule has 128 valence electrons. The van der Waals surface area contributed by atoms with E-state index in [4.69, 9.17) is 0 Å². The fourth-order valence-corrected chi connectivity index (χ4v) is 2.49. The van der Waals surface area contributed by atoms with Gasteiger partial charge in [-0.05, 0) is 23.5 Å². The first kappa shape index (κ1) is 17.9. The van der Waals surface area contributed by atoms with Gasteiger partial charge in [-0.2, -0.15) is 0 Å². The summed E-state index contributed by atoms with van der Waals surface area (Å²) in [7, 11) is 0.